The van der Waals surface area contributed by atoms with Crippen molar-refractivity contribution in [3.05, 3.63) is 66.0 Å². The second-order valence-electron chi connectivity index (χ2n) is 6.89. The van der Waals surface area contributed by atoms with Gasteiger partial charge < -0.3 is 9.80 Å². The Balaban J connectivity index is 0.00000210. The molecule has 2 aromatic heterocycles. The predicted octanol–water partition coefficient (Wildman–Crippen LogP) is 4.09. The number of para-hydroxylation sites is 1. The molecule has 1 aliphatic heterocycles. The van der Waals surface area contributed by atoms with Gasteiger partial charge in [0.05, 0.1) is 11.6 Å². The number of hydrogen-bond donors (Lipinski definition) is 0. The van der Waals surface area contributed by atoms with Crippen LogP contribution in [-0.2, 0) is 0 Å². The molecule has 4 rings (SSSR count). The lowest BCUT2D eigenvalue weighted by Gasteiger charge is -2.25. The van der Waals surface area contributed by atoms with E-state index in [0.717, 1.165) is 41.7 Å². The fraction of sp³-hybridized carbons (Fsp3) is 0.286. The second-order valence-corrected chi connectivity index (χ2v) is 6.89. The third-order valence-electron chi connectivity index (χ3n) is 4.94. The number of likely N-dealkylation sites (tertiary alicyclic amines) is 1. The lowest BCUT2D eigenvalue weighted by atomic mass is 10.1. The number of benzene rings is 1. The van der Waals surface area contributed by atoms with E-state index in [4.69, 9.17) is 0 Å². The molecule has 3 heterocycles. The molecule has 0 bridgehead atoms. The second kappa shape index (κ2) is 7.92. The van der Waals surface area contributed by atoms with Crippen LogP contribution >= 0.6 is 12.4 Å². The Morgan fingerprint density at radius 1 is 1.15 bits per heavy atom. The molecule has 27 heavy (non-hydrogen) atoms. The Hall–Kier alpha value is -2.66. The molecular weight excluding hydrogens is 360 g/mol. The zero-order chi connectivity index (χ0) is 18.1. The van der Waals surface area contributed by atoms with E-state index < -0.39 is 0 Å². The number of halogens is 1. The van der Waals surface area contributed by atoms with E-state index in [-0.39, 0.29) is 24.4 Å². The average Bonchev–Trinajstić information content (AvgIpc) is 3.17. The zero-order valence-electron chi connectivity index (χ0n) is 15.5. The Morgan fingerprint density at radius 3 is 2.78 bits per heavy atom. The maximum atomic E-state index is 13.1. The fourth-order valence-electron chi connectivity index (χ4n) is 3.57. The summed E-state index contributed by atoms with van der Waals surface area (Å²) in [6.07, 6.45) is 3.79. The number of anilines is 1. The van der Waals surface area contributed by atoms with Crippen molar-refractivity contribution in [1.82, 2.24) is 14.9 Å². The minimum atomic E-state index is 0. The van der Waals surface area contributed by atoms with Crippen molar-refractivity contribution >= 4 is 35.0 Å². The van der Waals surface area contributed by atoms with Gasteiger partial charge in [-0.25, -0.2) is 9.97 Å². The van der Waals surface area contributed by atoms with Gasteiger partial charge in [0, 0.05) is 32.2 Å². The number of carbonyl (C=O) groups excluding carboxylic acids is 1. The minimum absolute atomic E-state index is 0. The Bertz CT molecular complexity index is 960. The van der Waals surface area contributed by atoms with Gasteiger partial charge in [-0.1, -0.05) is 24.3 Å². The van der Waals surface area contributed by atoms with Crippen LogP contribution in [-0.4, -0.2) is 41.4 Å². The normalized spacial score (nSPS) is 16.2. The van der Waals surface area contributed by atoms with Crippen LogP contribution in [0.3, 0.4) is 0 Å². The number of carbonyl (C=O) groups is 1. The first kappa shape index (κ1) is 19.1. The third kappa shape index (κ3) is 3.74. The molecular formula is C21H23ClN4O. The summed E-state index contributed by atoms with van der Waals surface area (Å²) in [4.78, 5) is 26.0. The summed E-state index contributed by atoms with van der Waals surface area (Å²) in [6.45, 7) is 0.762. The number of nitrogens with zero attached hydrogens (tertiary/aromatic N) is 4. The standard InChI is InChI=1S/C21H22N4O.ClH/c1-24(2)20-14-16(11-12-22-20)19-8-5-13-25(19)21(26)18-10-9-15-6-3-4-7-17(15)23-18;/h3-4,6-7,9-12,14,19H,5,8,13H2,1-2H3;1H. The molecule has 5 nitrogen and oxygen atoms in total. The summed E-state index contributed by atoms with van der Waals surface area (Å²) in [5, 5.41) is 1.05. The van der Waals surface area contributed by atoms with Gasteiger partial charge in [-0.3, -0.25) is 4.79 Å². The molecule has 140 valence electrons. The highest BCUT2D eigenvalue weighted by molar-refractivity contribution is 5.95. The Kier molecular flexibility index (Phi) is 5.61. The zero-order valence-corrected chi connectivity index (χ0v) is 16.3. The van der Waals surface area contributed by atoms with Gasteiger partial charge in [0.2, 0.25) is 0 Å². The number of fused-ring (bicyclic) bond motifs is 1. The smallest absolute Gasteiger partial charge is 0.272 e. The first-order chi connectivity index (χ1) is 12.6. The van der Waals surface area contributed by atoms with Crippen molar-refractivity contribution in [2.75, 3.05) is 25.5 Å². The summed E-state index contributed by atoms with van der Waals surface area (Å²) < 4.78 is 0. The molecule has 1 unspecified atom stereocenters. The van der Waals surface area contributed by atoms with Crippen molar-refractivity contribution in [1.29, 1.82) is 0 Å². The Labute approximate surface area is 165 Å². The van der Waals surface area contributed by atoms with E-state index in [0.29, 0.717) is 5.69 Å². The molecule has 0 radical (unpaired) electrons. The predicted molar refractivity (Wildman–Crippen MR) is 111 cm³/mol. The van der Waals surface area contributed by atoms with Crippen LogP contribution in [0.4, 0.5) is 5.82 Å². The molecule has 3 aromatic rings. The lowest BCUT2D eigenvalue weighted by molar-refractivity contribution is 0.0730. The number of amides is 1. The van der Waals surface area contributed by atoms with Crippen LogP contribution in [0.1, 0.15) is 34.9 Å². The molecule has 0 N–H and O–H groups in total. The summed E-state index contributed by atoms with van der Waals surface area (Å²) in [5.74, 6) is 0.909. The van der Waals surface area contributed by atoms with Gasteiger partial charge >= 0.3 is 0 Å². The van der Waals surface area contributed by atoms with Gasteiger partial charge in [-0.05, 0) is 42.7 Å². The highest BCUT2D eigenvalue weighted by atomic mass is 35.5. The van der Waals surface area contributed by atoms with Crippen molar-refractivity contribution in [2.24, 2.45) is 0 Å². The van der Waals surface area contributed by atoms with E-state index in [1.54, 1.807) is 0 Å². The summed E-state index contributed by atoms with van der Waals surface area (Å²) in [6, 6.07) is 15.8. The first-order valence-electron chi connectivity index (χ1n) is 8.93. The molecule has 1 saturated heterocycles. The molecule has 0 aliphatic carbocycles. The summed E-state index contributed by atoms with van der Waals surface area (Å²) in [5.41, 5.74) is 2.50. The fourth-order valence-corrected chi connectivity index (χ4v) is 3.57. The topological polar surface area (TPSA) is 49.3 Å². The van der Waals surface area contributed by atoms with Crippen LogP contribution in [0.2, 0.25) is 0 Å². The molecule has 0 saturated carbocycles. The first-order valence-corrected chi connectivity index (χ1v) is 8.93. The molecule has 0 spiro atoms. The van der Waals surface area contributed by atoms with E-state index in [1.807, 2.05) is 72.6 Å². The van der Waals surface area contributed by atoms with Gasteiger partial charge in [0.15, 0.2) is 0 Å². The van der Waals surface area contributed by atoms with Gasteiger partial charge in [0.25, 0.3) is 5.91 Å². The van der Waals surface area contributed by atoms with Crippen LogP contribution < -0.4 is 4.90 Å². The highest BCUT2D eigenvalue weighted by Crippen LogP contribution is 2.34. The van der Waals surface area contributed by atoms with Crippen LogP contribution in [0.5, 0.6) is 0 Å². The van der Waals surface area contributed by atoms with Crippen molar-refractivity contribution in [2.45, 2.75) is 18.9 Å². The summed E-state index contributed by atoms with van der Waals surface area (Å²) in [7, 11) is 3.95. The molecule has 1 atom stereocenters. The maximum absolute atomic E-state index is 13.1. The Morgan fingerprint density at radius 2 is 1.96 bits per heavy atom. The molecule has 1 aliphatic rings. The van der Waals surface area contributed by atoms with Crippen molar-refractivity contribution < 1.29 is 4.79 Å². The number of hydrogen-bond acceptors (Lipinski definition) is 4. The average molecular weight is 383 g/mol. The number of pyridine rings is 2. The van der Waals surface area contributed by atoms with Gasteiger partial charge in [-0.2, -0.15) is 0 Å². The summed E-state index contributed by atoms with van der Waals surface area (Å²) >= 11 is 0. The largest absolute Gasteiger partial charge is 0.363 e. The molecule has 1 aromatic carbocycles. The van der Waals surface area contributed by atoms with E-state index >= 15 is 0 Å². The monoisotopic (exact) mass is 382 g/mol. The van der Waals surface area contributed by atoms with Crippen LogP contribution in [0.25, 0.3) is 10.9 Å². The quantitative estimate of drug-likeness (QED) is 0.684. The van der Waals surface area contributed by atoms with Crippen LogP contribution in [0.15, 0.2) is 54.7 Å². The maximum Gasteiger partial charge on any atom is 0.272 e. The highest BCUT2D eigenvalue weighted by Gasteiger charge is 2.31. The van der Waals surface area contributed by atoms with Crippen molar-refractivity contribution in [3.63, 3.8) is 0 Å². The number of aromatic nitrogens is 2. The molecule has 1 amide bonds. The van der Waals surface area contributed by atoms with E-state index in [2.05, 4.69) is 16.0 Å². The van der Waals surface area contributed by atoms with E-state index in [1.165, 1.54) is 0 Å². The lowest BCUT2D eigenvalue weighted by Crippen LogP contribution is -2.31. The van der Waals surface area contributed by atoms with Gasteiger partial charge in [0.1, 0.15) is 11.5 Å². The van der Waals surface area contributed by atoms with Crippen molar-refractivity contribution in [3.8, 4) is 0 Å². The third-order valence-corrected chi connectivity index (χ3v) is 4.94. The number of rotatable bonds is 3. The molecule has 1 fully saturated rings. The molecule has 6 heteroatoms. The van der Waals surface area contributed by atoms with Gasteiger partial charge in [-0.15, -0.1) is 12.4 Å². The van der Waals surface area contributed by atoms with Crippen LogP contribution in [0, 0.1) is 0 Å². The SMILES string of the molecule is CN(C)c1cc(C2CCCN2C(=O)c2ccc3ccccc3n2)ccn1.Cl. The van der Waals surface area contributed by atoms with E-state index in [9.17, 15) is 4.79 Å². The minimum Gasteiger partial charge on any atom is -0.363 e.